The number of fused-ring (bicyclic) bond motifs is 3. The maximum absolute atomic E-state index is 12.3. The van der Waals surface area contributed by atoms with Gasteiger partial charge in [0.05, 0.1) is 11.7 Å². The third-order valence-electron chi connectivity index (χ3n) is 5.62. The van der Waals surface area contributed by atoms with Gasteiger partial charge in [0.15, 0.2) is 5.78 Å². The van der Waals surface area contributed by atoms with Gasteiger partial charge in [0.25, 0.3) is 0 Å². The monoisotopic (exact) mass is 471 g/mol. The van der Waals surface area contributed by atoms with Crippen LogP contribution in [0.3, 0.4) is 0 Å². The summed E-state index contributed by atoms with van der Waals surface area (Å²) in [6.45, 7) is 14.6. The lowest BCUT2D eigenvalue weighted by atomic mass is 9.95. The molecule has 0 radical (unpaired) electrons. The molecular weight excluding hydrogens is 430 g/mol. The molecule has 1 saturated heterocycles. The van der Waals surface area contributed by atoms with Crippen molar-refractivity contribution in [3.8, 4) is 5.75 Å². The molecule has 0 aromatic heterocycles. The van der Waals surface area contributed by atoms with E-state index in [4.69, 9.17) is 4.74 Å². The van der Waals surface area contributed by atoms with Gasteiger partial charge in [0.2, 0.25) is 5.91 Å². The largest absolute Gasteiger partial charge is 0.489 e. The van der Waals surface area contributed by atoms with Crippen molar-refractivity contribution in [3.05, 3.63) is 48.6 Å². The lowest BCUT2D eigenvalue weighted by molar-refractivity contribution is -0.120. The van der Waals surface area contributed by atoms with Crippen LogP contribution in [0.1, 0.15) is 61.9 Å². The van der Waals surface area contributed by atoms with Crippen LogP contribution in [-0.2, 0) is 16.0 Å². The number of benzene rings is 1. The van der Waals surface area contributed by atoms with Gasteiger partial charge < -0.3 is 25.1 Å². The van der Waals surface area contributed by atoms with Crippen LogP contribution >= 0.6 is 0 Å². The SMILES string of the molecule is C=CC=C.CCCC(=O)c1ccc2c(c1CC)OCC1CNCCN21.CNC(=O)CCCC=O. The van der Waals surface area contributed by atoms with Crippen LogP contribution in [-0.4, -0.2) is 57.3 Å². The number of anilines is 1. The van der Waals surface area contributed by atoms with E-state index in [-0.39, 0.29) is 11.7 Å². The molecule has 2 aliphatic heterocycles. The maximum Gasteiger partial charge on any atom is 0.219 e. The second-order valence-corrected chi connectivity index (χ2v) is 8.03. The number of aldehydes is 1. The molecule has 1 aromatic rings. The molecule has 1 aromatic carbocycles. The maximum atomic E-state index is 12.3. The highest BCUT2D eigenvalue weighted by Crippen LogP contribution is 2.39. The van der Waals surface area contributed by atoms with Gasteiger partial charge in [-0.15, -0.1) is 0 Å². The summed E-state index contributed by atoms with van der Waals surface area (Å²) >= 11 is 0. The molecule has 0 spiro atoms. The number of nitrogens with one attached hydrogen (secondary N) is 2. The number of unbranched alkanes of at least 4 members (excludes halogenated alkanes) is 1. The van der Waals surface area contributed by atoms with Gasteiger partial charge in [-0.1, -0.05) is 39.2 Å². The van der Waals surface area contributed by atoms with E-state index >= 15 is 0 Å². The number of Topliss-reactive ketones (excluding diaryl/α,β-unsaturated/α-hetero) is 1. The number of hydrogen-bond acceptors (Lipinski definition) is 6. The summed E-state index contributed by atoms with van der Waals surface area (Å²) in [5, 5.41) is 5.88. The van der Waals surface area contributed by atoms with E-state index in [1.807, 2.05) is 13.0 Å². The smallest absolute Gasteiger partial charge is 0.219 e. The minimum absolute atomic E-state index is 0.00292. The first kappa shape index (κ1) is 29.1. The quantitative estimate of drug-likeness (QED) is 0.246. The van der Waals surface area contributed by atoms with Crippen LogP contribution in [0.5, 0.6) is 5.75 Å². The van der Waals surface area contributed by atoms with E-state index in [0.717, 1.165) is 61.3 Å². The lowest BCUT2D eigenvalue weighted by Crippen LogP contribution is -2.55. The Bertz CT molecular complexity index is 816. The number of allylic oxidation sites excluding steroid dienone is 2. The summed E-state index contributed by atoms with van der Waals surface area (Å²) in [6.07, 6.45) is 8.03. The first-order valence-corrected chi connectivity index (χ1v) is 12.2. The Morgan fingerprint density at radius 2 is 1.97 bits per heavy atom. The Labute approximate surface area is 204 Å². The molecule has 0 bridgehead atoms. The first-order chi connectivity index (χ1) is 16.5. The highest BCUT2D eigenvalue weighted by atomic mass is 16.5. The third kappa shape index (κ3) is 8.78. The second kappa shape index (κ2) is 16.6. The zero-order chi connectivity index (χ0) is 25.3. The summed E-state index contributed by atoms with van der Waals surface area (Å²) in [4.78, 5) is 34.9. The zero-order valence-electron chi connectivity index (χ0n) is 21.0. The van der Waals surface area contributed by atoms with Crippen LogP contribution in [0.4, 0.5) is 5.69 Å². The summed E-state index contributed by atoms with van der Waals surface area (Å²) < 4.78 is 6.05. The van der Waals surface area contributed by atoms with Crippen LogP contribution in [0.15, 0.2) is 37.4 Å². The van der Waals surface area contributed by atoms with Crippen molar-refractivity contribution in [2.75, 3.05) is 38.2 Å². The third-order valence-corrected chi connectivity index (χ3v) is 5.62. The number of carbonyl (C=O) groups is 3. The minimum Gasteiger partial charge on any atom is -0.489 e. The van der Waals surface area contributed by atoms with Crippen LogP contribution < -0.4 is 20.3 Å². The Hall–Kier alpha value is -2.93. The average molecular weight is 472 g/mol. The van der Waals surface area contributed by atoms with Crippen LogP contribution in [0, 0.1) is 0 Å². The molecule has 34 heavy (non-hydrogen) atoms. The summed E-state index contributed by atoms with van der Waals surface area (Å²) in [5.41, 5.74) is 3.10. The number of ether oxygens (including phenoxy) is 1. The van der Waals surface area contributed by atoms with E-state index in [1.54, 1.807) is 19.2 Å². The molecule has 2 heterocycles. The van der Waals surface area contributed by atoms with Crippen molar-refractivity contribution in [1.82, 2.24) is 10.6 Å². The van der Waals surface area contributed by atoms with Crippen molar-refractivity contribution < 1.29 is 19.1 Å². The van der Waals surface area contributed by atoms with Gasteiger partial charge in [-0.25, -0.2) is 0 Å². The molecule has 7 nitrogen and oxygen atoms in total. The van der Waals surface area contributed by atoms with Gasteiger partial charge in [-0.3, -0.25) is 9.59 Å². The molecule has 1 atom stereocenters. The topological polar surface area (TPSA) is 87.7 Å². The predicted octanol–water partition coefficient (Wildman–Crippen LogP) is 3.86. The number of ketones is 1. The van der Waals surface area contributed by atoms with Crippen LogP contribution in [0.2, 0.25) is 0 Å². The average Bonchev–Trinajstić information content (AvgIpc) is 2.88. The number of nitrogens with zero attached hydrogens (tertiary/aromatic N) is 1. The summed E-state index contributed by atoms with van der Waals surface area (Å²) in [5.74, 6) is 1.18. The molecular formula is C27H41N3O4. The minimum atomic E-state index is -0.00292. The van der Waals surface area contributed by atoms with Crippen molar-refractivity contribution in [2.24, 2.45) is 0 Å². The fraction of sp³-hybridized carbons (Fsp3) is 0.519. The summed E-state index contributed by atoms with van der Waals surface area (Å²) in [7, 11) is 1.59. The molecule has 1 amide bonds. The van der Waals surface area contributed by atoms with E-state index in [1.165, 1.54) is 0 Å². The van der Waals surface area contributed by atoms with Gasteiger partial charge in [-0.05, 0) is 31.4 Å². The summed E-state index contributed by atoms with van der Waals surface area (Å²) in [6, 6.07) is 4.49. The first-order valence-electron chi connectivity index (χ1n) is 12.2. The molecule has 7 heteroatoms. The fourth-order valence-corrected chi connectivity index (χ4v) is 3.85. The van der Waals surface area contributed by atoms with Gasteiger partial charge >= 0.3 is 0 Å². The molecule has 2 N–H and O–H groups in total. The van der Waals surface area contributed by atoms with E-state index in [0.29, 0.717) is 38.3 Å². The Morgan fingerprint density at radius 1 is 1.24 bits per heavy atom. The van der Waals surface area contributed by atoms with Crippen molar-refractivity contribution in [1.29, 1.82) is 0 Å². The molecule has 1 fully saturated rings. The van der Waals surface area contributed by atoms with Crippen molar-refractivity contribution >= 4 is 23.7 Å². The Morgan fingerprint density at radius 3 is 2.56 bits per heavy atom. The molecule has 1 unspecified atom stereocenters. The number of piperazine rings is 1. The predicted molar refractivity (Wildman–Crippen MR) is 139 cm³/mol. The molecule has 3 rings (SSSR count). The second-order valence-electron chi connectivity index (χ2n) is 8.03. The number of amides is 1. The molecule has 0 aliphatic carbocycles. The molecule has 188 valence electrons. The zero-order valence-corrected chi connectivity index (χ0v) is 21.0. The standard InChI is InChI=1S/C17H24N2O2.C6H11NO2.C4H6/c1-3-5-16(20)14-6-7-15-17(13(14)4-2)21-11-12-10-18-8-9-19(12)15;1-7-6(9)4-2-3-5-8;1-3-4-2/h6-7,12,18H,3-5,8-11H2,1-2H3;5H,2-4H2,1H3,(H,7,9);3-4H,1-2H2. The van der Waals surface area contributed by atoms with Crippen molar-refractivity contribution in [3.63, 3.8) is 0 Å². The number of rotatable bonds is 9. The Balaban J connectivity index is 0.000000372. The van der Waals surface area contributed by atoms with E-state index in [9.17, 15) is 14.4 Å². The van der Waals surface area contributed by atoms with E-state index in [2.05, 4.69) is 41.7 Å². The highest BCUT2D eigenvalue weighted by Gasteiger charge is 2.32. The molecule has 2 aliphatic rings. The lowest BCUT2D eigenvalue weighted by Gasteiger charge is -2.42. The fourth-order valence-electron chi connectivity index (χ4n) is 3.85. The van der Waals surface area contributed by atoms with Gasteiger partial charge in [0.1, 0.15) is 18.6 Å². The number of hydrogen-bond donors (Lipinski definition) is 2. The number of carbonyl (C=O) groups excluding carboxylic acids is 3. The van der Waals surface area contributed by atoms with Crippen molar-refractivity contribution in [2.45, 2.75) is 58.4 Å². The molecule has 0 saturated carbocycles. The van der Waals surface area contributed by atoms with Gasteiger partial charge in [-0.2, -0.15) is 0 Å². The van der Waals surface area contributed by atoms with Crippen LogP contribution in [0.25, 0.3) is 0 Å². The Kier molecular flexibility index (Phi) is 14.2. The normalized spacial score (nSPS) is 15.5. The highest BCUT2D eigenvalue weighted by molar-refractivity contribution is 5.99. The van der Waals surface area contributed by atoms with E-state index < -0.39 is 0 Å². The van der Waals surface area contributed by atoms with Gasteiger partial charge in [0, 0.05) is 57.1 Å².